The van der Waals surface area contributed by atoms with Crippen LogP contribution >= 0.6 is 0 Å². The van der Waals surface area contributed by atoms with Crippen molar-refractivity contribution in [3.8, 4) is 5.75 Å². The first kappa shape index (κ1) is 28.9. The van der Waals surface area contributed by atoms with Gasteiger partial charge in [0.1, 0.15) is 11.6 Å². The van der Waals surface area contributed by atoms with E-state index in [9.17, 15) is 9.59 Å². The van der Waals surface area contributed by atoms with Gasteiger partial charge in [-0.15, -0.1) is 0 Å². The van der Waals surface area contributed by atoms with Crippen molar-refractivity contribution in [3.05, 3.63) is 65.9 Å². The minimum absolute atomic E-state index is 0.0378. The maximum absolute atomic E-state index is 13.5. The third-order valence-corrected chi connectivity index (χ3v) is 8.84. The van der Waals surface area contributed by atoms with Gasteiger partial charge >= 0.3 is 0 Å². The highest BCUT2D eigenvalue weighted by Crippen LogP contribution is 2.40. The highest BCUT2D eigenvalue weighted by atomic mass is 16.5. The molecule has 2 amide bonds. The van der Waals surface area contributed by atoms with Gasteiger partial charge in [-0.3, -0.25) is 14.5 Å². The monoisotopic (exact) mass is 583 g/mol. The first-order valence-electron chi connectivity index (χ1n) is 15.3. The van der Waals surface area contributed by atoms with Crippen molar-refractivity contribution in [2.24, 2.45) is 0 Å². The molecule has 3 aliphatic rings. The van der Waals surface area contributed by atoms with Crippen molar-refractivity contribution >= 4 is 40.4 Å². The fraction of sp³-hybridized carbons (Fsp3) is 0.424. The first-order valence-corrected chi connectivity index (χ1v) is 15.3. The van der Waals surface area contributed by atoms with Crippen molar-refractivity contribution in [1.29, 1.82) is 0 Å². The third kappa shape index (κ3) is 5.77. The Balaban J connectivity index is 1.19. The van der Waals surface area contributed by atoms with Crippen LogP contribution in [0.25, 0.3) is 0 Å². The van der Waals surface area contributed by atoms with Crippen LogP contribution in [0.15, 0.2) is 54.7 Å². The second kappa shape index (κ2) is 12.2. The Morgan fingerprint density at radius 3 is 2.58 bits per heavy atom. The van der Waals surface area contributed by atoms with Crippen molar-refractivity contribution in [2.75, 3.05) is 68.5 Å². The number of nitrogens with zero attached hydrogens (tertiary/aromatic N) is 5. The van der Waals surface area contributed by atoms with Crippen LogP contribution in [0.1, 0.15) is 47.4 Å². The number of aromatic nitrogens is 1. The lowest BCUT2D eigenvalue weighted by molar-refractivity contribution is 0.0573. The number of amides is 2. The second-order valence-electron chi connectivity index (χ2n) is 11.6. The van der Waals surface area contributed by atoms with E-state index < -0.39 is 0 Å². The van der Waals surface area contributed by atoms with Gasteiger partial charge in [0.25, 0.3) is 11.8 Å². The van der Waals surface area contributed by atoms with Crippen LogP contribution in [0.2, 0.25) is 0 Å². The van der Waals surface area contributed by atoms with E-state index >= 15 is 0 Å². The van der Waals surface area contributed by atoms with Crippen LogP contribution in [0.5, 0.6) is 5.75 Å². The van der Waals surface area contributed by atoms with E-state index in [0.29, 0.717) is 41.4 Å². The summed E-state index contributed by atoms with van der Waals surface area (Å²) in [5.41, 5.74) is 4.38. The summed E-state index contributed by atoms with van der Waals surface area (Å²) in [5.74, 6) is 1.16. The summed E-state index contributed by atoms with van der Waals surface area (Å²) < 4.78 is 5.99. The van der Waals surface area contributed by atoms with E-state index in [1.54, 1.807) is 18.1 Å². The molecule has 0 spiro atoms. The number of para-hydroxylation sites is 1. The van der Waals surface area contributed by atoms with Gasteiger partial charge in [-0.05, 0) is 57.0 Å². The van der Waals surface area contributed by atoms with E-state index in [2.05, 4.69) is 27.4 Å². The largest absolute Gasteiger partial charge is 0.492 e. The maximum Gasteiger partial charge on any atom is 0.260 e. The minimum atomic E-state index is -0.0785. The van der Waals surface area contributed by atoms with Crippen molar-refractivity contribution in [3.63, 3.8) is 0 Å². The highest BCUT2D eigenvalue weighted by Gasteiger charge is 2.30. The third-order valence-electron chi connectivity index (χ3n) is 8.84. The Bertz CT molecular complexity index is 1500. The molecule has 226 valence electrons. The fourth-order valence-electron chi connectivity index (χ4n) is 6.48. The molecule has 6 rings (SSSR count). The van der Waals surface area contributed by atoms with Gasteiger partial charge < -0.3 is 30.1 Å². The molecule has 0 unspecified atom stereocenters. The van der Waals surface area contributed by atoms with Gasteiger partial charge in [-0.25, -0.2) is 4.98 Å². The number of hydrogen-bond acceptors (Lipinski definition) is 8. The van der Waals surface area contributed by atoms with Crippen LogP contribution in [0, 0.1) is 0 Å². The lowest BCUT2D eigenvalue weighted by Gasteiger charge is -2.42. The summed E-state index contributed by atoms with van der Waals surface area (Å²) >= 11 is 0. The topological polar surface area (TPSA) is 93.3 Å². The standard InChI is InChI=1S/C33H41N7O3/c1-5-43-30-18-23(32(41)39-15-12-24(13-16-39)40-17-14-34-22(2)21-40)10-11-26(30)36-31-19-28-29(20-35-31)38(4)33(42)25-8-6-7-9-27(25)37(28)3/h6-11,18-20,22,24,34H,5,12-17,21H2,1-4H3,(H,35,36)/t22-/m1/s1. The number of fused-ring (bicyclic) bond motifs is 2. The molecular formula is C33H41N7O3. The zero-order valence-corrected chi connectivity index (χ0v) is 25.5. The van der Waals surface area contributed by atoms with Gasteiger partial charge in [-0.2, -0.15) is 0 Å². The van der Waals surface area contributed by atoms with Gasteiger partial charge in [0.15, 0.2) is 0 Å². The molecule has 0 radical (unpaired) electrons. The van der Waals surface area contributed by atoms with Gasteiger partial charge in [-0.1, -0.05) is 12.1 Å². The predicted molar refractivity (Wildman–Crippen MR) is 170 cm³/mol. The van der Waals surface area contributed by atoms with E-state index in [-0.39, 0.29) is 11.8 Å². The van der Waals surface area contributed by atoms with Crippen molar-refractivity contribution in [2.45, 2.75) is 38.8 Å². The molecular weight excluding hydrogens is 542 g/mol. The summed E-state index contributed by atoms with van der Waals surface area (Å²) in [6.07, 6.45) is 3.71. The van der Waals surface area contributed by atoms with Gasteiger partial charge in [0.2, 0.25) is 0 Å². The summed E-state index contributed by atoms with van der Waals surface area (Å²) in [4.78, 5) is 39.5. The SMILES string of the molecule is CCOc1cc(C(=O)N2CCC(N3CCN[C@H](C)C3)CC2)ccc1Nc1cc2c(cn1)N(C)C(=O)c1ccccc1N2C. The lowest BCUT2D eigenvalue weighted by Crippen LogP contribution is -2.55. The molecule has 43 heavy (non-hydrogen) atoms. The van der Waals surface area contributed by atoms with Crippen LogP contribution in [0.3, 0.4) is 0 Å². The molecule has 0 bridgehead atoms. The molecule has 4 heterocycles. The van der Waals surface area contributed by atoms with E-state index in [1.807, 2.05) is 72.3 Å². The molecule has 2 fully saturated rings. The molecule has 10 heteroatoms. The van der Waals surface area contributed by atoms with Crippen molar-refractivity contribution in [1.82, 2.24) is 20.1 Å². The molecule has 0 saturated carbocycles. The molecule has 10 nitrogen and oxygen atoms in total. The summed E-state index contributed by atoms with van der Waals surface area (Å²) in [5, 5.41) is 6.90. The number of piperazine rings is 1. The molecule has 2 saturated heterocycles. The van der Waals surface area contributed by atoms with Crippen LogP contribution in [0.4, 0.5) is 28.6 Å². The minimum Gasteiger partial charge on any atom is -0.492 e. The number of likely N-dealkylation sites (tertiary alicyclic amines) is 1. The Morgan fingerprint density at radius 1 is 1.02 bits per heavy atom. The Morgan fingerprint density at radius 2 is 1.81 bits per heavy atom. The zero-order valence-electron chi connectivity index (χ0n) is 25.5. The van der Waals surface area contributed by atoms with Crippen LogP contribution in [-0.2, 0) is 0 Å². The Hall–Kier alpha value is -4.15. The summed E-state index contributed by atoms with van der Waals surface area (Å²) in [6, 6.07) is 16.1. The van der Waals surface area contributed by atoms with E-state index in [4.69, 9.17) is 4.74 Å². The fourth-order valence-corrected chi connectivity index (χ4v) is 6.48. The smallest absolute Gasteiger partial charge is 0.260 e. The van der Waals surface area contributed by atoms with Gasteiger partial charge in [0.05, 0.1) is 41.1 Å². The molecule has 2 N–H and O–H groups in total. The number of pyridine rings is 1. The number of anilines is 5. The number of piperidine rings is 1. The number of carbonyl (C=O) groups excluding carboxylic acids is 2. The summed E-state index contributed by atoms with van der Waals surface area (Å²) in [7, 11) is 3.72. The lowest BCUT2D eigenvalue weighted by atomic mass is 10.0. The normalized spacial score (nSPS) is 19.5. The average molecular weight is 584 g/mol. The maximum atomic E-state index is 13.5. The van der Waals surface area contributed by atoms with Crippen LogP contribution in [-0.4, -0.2) is 92.1 Å². The van der Waals surface area contributed by atoms with Crippen molar-refractivity contribution < 1.29 is 14.3 Å². The molecule has 1 atom stereocenters. The number of hydrogen-bond donors (Lipinski definition) is 2. The summed E-state index contributed by atoms with van der Waals surface area (Å²) in [6.45, 7) is 9.33. The molecule has 1 aromatic heterocycles. The Kier molecular flexibility index (Phi) is 8.23. The molecule has 3 aromatic rings. The predicted octanol–water partition coefficient (Wildman–Crippen LogP) is 4.48. The quantitative estimate of drug-likeness (QED) is 0.439. The van der Waals surface area contributed by atoms with E-state index in [1.165, 1.54) is 0 Å². The van der Waals surface area contributed by atoms with E-state index in [0.717, 1.165) is 68.3 Å². The second-order valence-corrected chi connectivity index (χ2v) is 11.6. The van der Waals surface area contributed by atoms with Crippen LogP contribution < -0.4 is 25.2 Å². The molecule has 0 aliphatic carbocycles. The first-order chi connectivity index (χ1) is 20.8. The molecule has 2 aromatic carbocycles. The number of rotatable bonds is 6. The zero-order chi connectivity index (χ0) is 30.1. The number of benzene rings is 2. The van der Waals surface area contributed by atoms with Gasteiger partial charge in [0, 0.05) is 70.5 Å². The highest BCUT2D eigenvalue weighted by molar-refractivity contribution is 6.13. The molecule has 3 aliphatic heterocycles. The number of ether oxygens (including phenoxy) is 1. The Labute approximate surface area is 253 Å². The number of nitrogens with one attached hydrogen (secondary N) is 2. The average Bonchev–Trinajstić information content (AvgIpc) is 3.11. The number of carbonyl (C=O) groups is 2.